The Bertz CT molecular complexity index is 1030. The monoisotopic (exact) mass is 504 g/mol. The maximum Gasteiger partial charge on any atom is 0.276 e. The number of nitrogens with zero attached hydrogens (tertiary/aromatic N) is 2. The second-order valence-electron chi connectivity index (χ2n) is 7.76. The first-order valence-corrected chi connectivity index (χ1v) is 11.9. The summed E-state index contributed by atoms with van der Waals surface area (Å²) in [6.07, 6.45) is 8.66. The topological polar surface area (TPSA) is 118 Å². The van der Waals surface area contributed by atoms with Gasteiger partial charge in [-0.05, 0) is 52.2 Å². The van der Waals surface area contributed by atoms with Crippen LogP contribution in [0.25, 0.3) is 0 Å². The molecule has 0 saturated carbocycles. The number of aromatic nitrogens is 1. The van der Waals surface area contributed by atoms with Crippen molar-refractivity contribution >= 4 is 11.6 Å². The van der Waals surface area contributed by atoms with Crippen LogP contribution in [0.15, 0.2) is 80.2 Å². The average molecular weight is 505 g/mol. The fourth-order valence-corrected chi connectivity index (χ4v) is 2.98. The van der Waals surface area contributed by atoms with Gasteiger partial charge in [0.25, 0.3) is 12.3 Å². The molecule has 0 radical (unpaired) electrons. The van der Waals surface area contributed by atoms with Crippen LogP contribution < -0.4 is 21.7 Å². The van der Waals surface area contributed by atoms with E-state index in [1.807, 2.05) is 39.8 Å². The van der Waals surface area contributed by atoms with E-state index in [2.05, 4.69) is 25.9 Å². The van der Waals surface area contributed by atoms with Crippen molar-refractivity contribution in [2.45, 2.75) is 67.4 Å². The number of amides is 1. The van der Waals surface area contributed by atoms with Crippen molar-refractivity contribution in [3.63, 3.8) is 0 Å². The van der Waals surface area contributed by atoms with Crippen molar-refractivity contribution in [1.82, 2.24) is 20.9 Å². The minimum Gasteiger partial charge on any atom is -0.447 e. The maximum atomic E-state index is 13.0. The normalized spacial score (nSPS) is 14.6. The first kappa shape index (κ1) is 30.3. The van der Waals surface area contributed by atoms with Crippen LogP contribution in [0.4, 0.5) is 8.78 Å². The number of aliphatic imine (C=N–C) groups is 1. The Kier molecular flexibility index (Phi) is 13.5. The summed E-state index contributed by atoms with van der Waals surface area (Å²) in [6, 6.07) is 0. The molecule has 198 valence electrons. The molecule has 0 fully saturated rings. The van der Waals surface area contributed by atoms with Gasteiger partial charge in [0.1, 0.15) is 12.1 Å². The quantitative estimate of drug-likeness (QED) is 0.164. The van der Waals surface area contributed by atoms with Crippen LogP contribution >= 0.6 is 0 Å². The van der Waals surface area contributed by atoms with E-state index in [0.717, 1.165) is 17.7 Å². The fraction of sp³-hybridized carbons (Fsp3) is 0.423. The number of alkyl halides is 2. The SMILES string of the molecule is C\C=C(C(=O)NCc1ncco1)/C(=C\C(NC(/C=C(N)\N=C(/C)C(F)F)=C\CC)=C(/C)CC)NCC. The second kappa shape index (κ2) is 16.1. The molecule has 0 aliphatic heterocycles. The first-order chi connectivity index (χ1) is 17.2. The Morgan fingerprint density at radius 2 is 1.94 bits per heavy atom. The first-order valence-electron chi connectivity index (χ1n) is 11.9. The van der Waals surface area contributed by atoms with Gasteiger partial charge in [-0.2, -0.15) is 0 Å². The molecule has 36 heavy (non-hydrogen) atoms. The van der Waals surface area contributed by atoms with Gasteiger partial charge in [0.05, 0.1) is 24.0 Å². The number of carbonyl (C=O) groups is 1. The third kappa shape index (κ3) is 10.3. The number of oxazole rings is 1. The van der Waals surface area contributed by atoms with Crippen LogP contribution in [0.3, 0.4) is 0 Å². The number of rotatable bonds is 14. The Morgan fingerprint density at radius 1 is 1.22 bits per heavy atom. The van der Waals surface area contributed by atoms with Crippen molar-refractivity contribution in [2.75, 3.05) is 6.54 Å². The third-order valence-corrected chi connectivity index (χ3v) is 4.98. The molecule has 1 aromatic rings. The largest absolute Gasteiger partial charge is 0.447 e. The Labute approximate surface area is 212 Å². The summed E-state index contributed by atoms with van der Waals surface area (Å²) in [4.78, 5) is 20.7. The molecule has 0 aromatic carbocycles. The van der Waals surface area contributed by atoms with Gasteiger partial charge >= 0.3 is 0 Å². The minimum atomic E-state index is -2.68. The highest BCUT2D eigenvalue weighted by molar-refractivity contribution is 5.97. The van der Waals surface area contributed by atoms with Crippen molar-refractivity contribution in [2.24, 2.45) is 10.7 Å². The molecule has 0 aliphatic carbocycles. The number of nitrogens with two attached hydrogens (primary N) is 1. The summed E-state index contributed by atoms with van der Waals surface area (Å²) in [5, 5.41) is 9.39. The van der Waals surface area contributed by atoms with Gasteiger partial charge in [-0.1, -0.05) is 26.0 Å². The predicted molar refractivity (Wildman–Crippen MR) is 140 cm³/mol. The van der Waals surface area contributed by atoms with E-state index in [1.165, 1.54) is 25.5 Å². The number of allylic oxidation sites excluding steroid dienone is 5. The zero-order valence-corrected chi connectivity index (χ0v) is 21.9. The second-order valence-corrected chi connectivity index (χ2v) is 7.76. The molecule has 1 aromatic heterocycles. The van der Waals surface area contributed by atoms with E-state index in [4.69, 9.17) is 10.2 Å². The van der Waals surface area contributed by atoms with E-state index in [0.29, 0.717) is 35.8 Å². The van der Waals surface area contributed by atoms with Crippen LogP contribution in [0.1, 0.15) is 60.3 Å². The molecule has 0 aliphatic rings. The lowest BCUT2D eigenvalue weighted by atomic mass is 10.1. The van der Waals surface area contributed by atoms with E-state index >= 15 is 0 Å². The maximum absolute atomic E-state index is 13.0. The number of halogens is 2. The summed E-state index contributed by atoms with van der Waals surface area (Å²) in [5.74, 6) is 0.0754. The van der Waals surface area contributed by atoms with Crippen LogP contribution in [0.2, 0.25) is 0 Å². The van der Waals surface area contributed by atoms with Crippen LogP contribution in [-0.4, -0.2) is 29.6 Å². The predicted octanol–water partition coefficient (Wildman–Crippen LogP) is 4.82. The molecule has 1 rings (SSSR count). The Balaban J connectivity index is 3.33. The lowest BCUT2D eigenvalue weighted by Crippen LogP contribution is -2.29. The van der Waals surface area contributed by atoms with Gasteiger partial charge in [0.2, 0.25) is 5.89 Å². The zero-order valence-electron chi connectivity index (χ0n) is 21.9. The van der Waals surface area contributed by atoms with E-state index in [9.17, 15) is 13.6 Å². The molecule has 8 nitrogen and oxygen atoms in total. The molecule has 0 unspecified atom stereocenters. The molecule has 1 amide bonds. The van der Waals surface area contributed by atoms with Gasteiger partial charge < -0.3 is 26.1 Å². The molecular weight excluding hydrogens is 466 g/mol. The summed E-state index contributed by atoms with van der Waals surface area (Å²) in [7, 11) is 0. The van der Waals surface area contributed by atoms with Crippen LogP contribution in [0, 0.1) is 0 Å². The van der Waals surface area contributed by atoms with Gasteiger partial charge in [0.15, 0.2) is 0 Å². The smallest absolute Gasteiger partial charge is 0.276 e. The molecule has 1 heterocycles. The van der Waals surface area contributed by atoms with Crippen LogP contribution in [-0.2, 0) is 11.3 Å². The number of carbonyl (C=O) groups excluding carboxylic acids is 1. The van der Waals surface area contributed by atoms with E-state index < -0.39 is 6.43 Å². The highest BCUT2D eigenvalue weighted by Crippen LogP contribution is 2.17. The average Bonchev–Trinajstić information content (AvgIpc) is 3.36. The summed E-state index contributed by atoms with van der Waals surface area (Å²) in [5.41, 5.74) is 8.96. The highest BCUT2D eigenvalue weighted by Gasteiger charge is 2.16. The number of hydrogen-bond acceptors (Lipinski definition) is 7. The summed E-state index contributed by atoms with van der Waals surface area (Å²) in [6.45, 7) is 11.6. The fourth-order valence-electron chi connectivity index (χ4n) is 2.98. The van der Waals surface area contributed by atoms with Gasteiger partial charge in [-0.25, -0.2) is 18.8 Å². The molecule has 10 heteroatoms. The third-order valence-electron chi connectivity index (χ3n) is 4.98. The van der Waals surface area contributed by atoms with Crippen LogP contribution in [0.5, 0.6) is 0 Å². The number of nitrogens with one attached hydrogen (secondary N) is 3. The standard InChI is InChI=1S/C26H38F2N6O2/c1-7-11-19(14-23(29)33-18(6)25(27)28)34-21(17(5)8-2)15-22(30-10-4)20(9-3)26(35)32-16-24-31-12-13-36-24/h9,11-15,25,30,34H,7-8,10,16,29H2,1-6H3,(H,32,35)/b19-11-,20-9+,21-17-,22-15+,23-14-,33-18+. The Hall–Kier alpha value is -3.69. The van der Waals surface area contributed by atoms with Crippen molar-refractivity contribution in [3.05, 3.63) is 76.7 Å². The lowest BCUT2D eigenvalue weighted by molar-refractivity contribution is -0.117. The summed E-state index contributed by atoms with van der Waals surface area (Å²) >= 11 is 0. The zero-order chi connectivity index (χ0) is 27.1. The van der Waals surface area contributed by atoms with Crippen molar-refractivity contribution < 1.29 is 18.0 Å². The van der Waals surface area contributed by atoms with E-state index in [1.54, 1.807) is 13.0 Å². The van der Waals surface area contributed by atoms with Gasteiger partial charge in [-0.15, -0.1) is 0 Å². The molecule has 5 N–H and O–H groups in total. The lowest BCUT2D eigenvalue weighted by Gasteiger charge is -2.17. The van der Waals surface area contributed by atoms with Gasteiger partial charge in [0, 0.05) is 29.7 Å². The van der Waals surface area contributed by atoms with Crippen molar-refractivity contribution in [1.29, 1.82) is 0 Å². The van der Waals surface area contributed by atoms with Crippen molar-refractivity contribution in [3.8, 4) is 0 Å². The van der Waals surface area contributed by atoms with Gasteiger partial charge in [-0.3, -0.25) is 4.79 Å². The molecule has 0 atom stereocenters. The highest BCUT2D eigenvalue weighted by atomic mass is 19.3. The number of hydrogen-bond donors (Lipinski definition) is 4. The molecule has 0 spiro atoms. The minimum absolute atomic E-state index is 0.0376. The van der Waals surface area contributed by atoms with E-state index in [-0.39, 0.29) is 24.0 Å². The molecular formula is C26H38F2N6O2. The summed E-state index contributed by atoms with van der Waals surface area (Å²) < 4.78 is 30.9. The number of likely N-dealkylation sites (N-methyl/N-ethyl adjacent to an activating group) is 1. The molecule has 0 saturated heterocycles. The Morgan fingerprint density at radius 3 is 2.47 bits per heavy atom. The molecule has 0 bridgehead atoms.